The molecule has 3 N–H and O–H groups in total. The van der Waals surface area contributed by atoms with Crippen LogP contribution >= 0.6 is 0 Å². The van der Waals surface area contributed by atoms with Gasteiger partial charge in [-0.1, -0.05) is 26.3 Å². The van der Waals surface area contributed by atoms with Gasteiger partial charge >= 0.3 is 0 Å². The lowest BCUT2D eigenvalue weighted by atomic mass is 10.2. The molecular formula is C21H27N3O3. The molecule has 2 amide bonds. The molecule has 2 aromatic carbocycles. The minimum absolute atomic E-state index is 0.0673. The van der Waals surface area contributed by atoms with Crippen molar-refractivity contribution < 1.29 is 14.3 Å². The van der Waals surface area contributed by atoms with Gasteiger partial charge in [0, 0.05) is 23.5 Å². The van der Waals surface area contributed by atoms with Gasteiger partial charge in [0.2, 0.25) is 11.8 Å². The Morgan fingerprint density at radius 2 is 1.56 bits per heavy atom. The summed E-state index contributed by atoms with van der Waals surface area (Å²) >= 11 is 0. The van der Waals surface area contributed by atoms with E-state index >= 15 is 0 Å². The summed E-state index contributed by atoms with van der Waals surface area (Å²) in [5.74, 6) is 0.587. The summed E-state index contributed by atoms with van der Waals surface area (Å²) in [6.07, 6.45) is 2.54. The van der Waals surface area contributed by atoms with E-state index in [4.69, 9.17) is 4.74 Å². The lowest BCUT2D eigenvalue weighted by Gasteiger charge is -2.10. The summed E-state index contributed by atoms with van der Waals surface area (Å²) in [6.45, 7) is 4.76. The van der Waals surface area contributed by atoms with Crippen molar-refractivity contribution in [2.75, 3.05) is 29.1 Å². The van der Waals surface area contributed by atoms with Gasteiger partial charge in [0.25, 0.3) is 0 Å². The van der Waals surface area contributed by atoms with Crippen LogP contribution in [-0.4, -0.2) is 25.0 Å². The molecule has 0 fully saturated rings. The van der Waals surface area contributed by atoms with E-state index in [9.17, 15) is 9.59 Å². The molecule has 0 atom stereocenters. The normalized spacial score (nSPS) is 10.1. The van der Waals surface area contributed by atoms with Gasteiger partial charge in [0.1, 0.15) is 5.75 Å². The first-order chi connectivity index (χ1) is 13.1. The Bertz CT molecular complexity index is 745. The smallest absolute Gasteiger partial charge is 0.243 e. The minimum Gasteiger partial charge on any atom is -0.494 e. The Labute approximate surface area is 160 Å². The molecule has 0 heterocycles. The van der Waals surface area contributed by atoms with Crippen molar-refractivity contribution in [1.29, 1.82) is 0 Å². The number of hydrogen-bond donors (Lipinski definition) is 3. The Morgan fingerprint density at radius 3 is 2.19 bits per heavy atom. The predicted octanol–water partition coefficient (Wildman–Crippen LogP) is 4.26. The first-order valence-corrected chi connectivity index (χ1v) is 9.27. The fraction of sp³-hybridized carbons (Fsp3) is 0.333. The summed E-state index contributed by atoms with van der Waals surface area (Å²) in [6, 6.07) is 14.6. The van der Waals surface area contributed by atoms with Crippen LogP contribution in [0.2, 0.25) is 0 Å². The van der Waals surface area contributed by atoms with Crippen molar-refractivity contribution in [3.63, 3.8) is 0 Å². The summed E-state index contributed by atoms with van der Waals surface area (Å²) in [5.41, 5.74) is 2.14. The number of rotatable bonds is 10. The highest BCUT2D eigenvalue weighted by Crippen LogP contribution is 2.17. The van der Waals surface area contributed by atoms with E-state index in [-0.39, 0.29) is 18.4 Å². The molecule has 0 spiro atoms. The van der Waals surface area contributed by atoms with Crippen LogP contribution in [0.15, 0.2) is 48.5 Å². The second-order valence-corrected chi connectivity index (χ2v) is 6.11. The zero-order valence-corrected chi connectivity index (χ0v) is 15.9. The molecule has 0 aliphatic heterocycles. The third-order valence-electron chi connectivity index (χ3n) is 3.83. The molecule has 0 saturated carbocycles. The van der Waals surface area contributed by atoms with Crippen molar-refractivity contribution >= 4 is 28.9 Å². The van der Waals surface area contributed by atoms with E-state index in [0.717, 1.165) is 24.3 Å². The number of hydrogen-bond acceptors (Lipinski definition) is 4. The third-order valence-corrected chi connectivity index (χ3v) is 3.83. The standard InChI is InChI=1S/C21H27N3O3/c1-3-5-13-27-19-11-9-16(10-12-19)22-15-21(26)24-18-8-6-7-17(14-18)23-20(25)4-2/h6-12,14,22H,3-5,13,15H2,1-2H3,(H,23,25)(H,24,26). The highest BCUT2D eigenvalue weighted by atomic mass is 16.5. The Kier molecular flexibility index (Phi) is 8.16. The molecule has 6 nitrogen and oxygen atoms in total. The van der Waals surface area contributed by atoms with E-state index in [1.165, 1.54) is 0 Å². The van der Waals surface area contributed by atoms with Crippen molar-refractivity contribution in [1.82, 2.24) is 0 Å². The van der Waals surface area contributed by atoms with Crippen molar-refractivity contribution in [2.24, 2.45) is 0 Å². The van der Waals surface area contributed by atoms with Crippen LogP contribution in [0.3, 0.4) is 0 Å². The number of unbranched alkanes of at least 4 members (excludes halogenated alkanes) is 1. The second-order valence-electron chi connectivity index (χ2n) is 6.11. The third kappa shape index (κ3) is 7.40. The summed E-state index contributed by atoms with van der Waals surface area (Å²) in [7, 11) is 0. The van der Waals surface area contributed by atoms with Crippen molar-refractivity contribution in [3.05, 3.63) is 48.5 Å². The van der Waals surface area contributed by atoms with Gasteiger partial charge in [0.05, 0.1) is 13.2 Å². The van der Waals surface area contributed by atoms with Crippen molar-refractivity contribution in [3.8, 4) is 5.75 Å². The van der Waals surface area contributed by atoms with Crippen molar-refractivity contribution in [2.45, 2.75) is 33.1 Å². The van der Waals surface area contributed by atoms with Crippen LogP contribution in [0, 0.1) is 0 Å². The zero-order chi connectivity index (χ0) is 19.5. The summed E-state index contributed by atoms with van der Waals surface area (Å²) in [5, 5.41) is 8.66. The van der Waals surface area contributed by atoms with Gasteiger partial charge in [-0.2, -0.15) is 0 Å². The average molecular weight is 369 g/mol. The van der Waals surface area contributed by atoms with Gasteiger partial charge in [-0.05, 0) is 48.9 Å². The number of benzene rings is 2. The molecule has 2 aromatic rings. The molecule has 144 valence electrons. The molecule has 0 aliphatic rings. The van der Waals surface area contributed by atoms with E-state index in [0.29, 0.717) is 24.4 Å². The van der Waals surface area contributed by atoms with E-state index in [1.54, 1.807) is 31.2 Å². The zero-order valence-electron chi connectivity index (χ0n) is 15.9. The molecule has 2 rings (SSSR count). The van der Waals surface area contributed by atoms with Gasteiger partial charge in [-0.15, -0.1) is 0 Å². The lowest BCUT2D eigenvalue weighted by molar-refractivity contribution is -0.116. The van der Waals surface area contributed by atoms with Gasteiger partial charge in [-0.3, -0.25) is 9.59 Å². The summed E-state index contributed by atoms with van der Waals surface area (Å²) in [4.78, 5) is 23.6. The maximum atomic E-state index is 12.1. The first-order valence-electron chi connectivity index (χ1n) is 9.27. The maximum Gasteiger partial charge on any atom is 0.243 e. The maximum absolute atomic E-state index is 12.1. The summed E-state index contributed by atoms with van der Waals surface area (Å²) < 4.78 is 5.62. The Balaban J connectivity index is 1.80. The van der Waals surface area contributed by atoms with Crippen LogP contribution in [-0.2, 0) is 9.59 Å². The molecular weight excluding hydrogens is 342 g/mol. The van der Waals surface area contributed by atoms with Gasteiger partial charge in [-0.25, -0.2) is 0 Å². The molecule has 0 bridgehead atoms. The largest absolute Gasteiger partial charge is 0.494 e. The van der Waals surface area contributed by atoms with Crippen LogP contribution in [0.4, 0.5) is 17.1 Å². The number of amides is 2. The van der Waals surface area contributed by atoms with E-state index < -0.39 is 0 Å². The van der Waals surface area contributed by atoms with E-state index in [2.05, 4.69) is 22.9 Å². The molecule has 27 heavy (non-hydrogen) atoms. The topological polar surface area (TPSA) is 79.5 Å². The Hall–Kier alpha value is -3.02. The highest BCUT2D eigenvalue weighted by molar-refractivity contribution is 5.95. The molecule has 6 heteroatoms. The van der Waals surface area contributed by atoms with Gasteiger partial charge < -0.3 is 20.7 Å². The molecule has 0 unspecified atom stereocenters. The second kappa shape index (κ2) is 10.9. The highest BCUT2D eigenvalue weighted by Gasteiger charge is 2.05. The quantitative estimate of drug-likeness (QED) is 0.547. The average Bonchev–Trinajstić information content (AvgIpc) is 2.68. The van der Waals surface area contributed by atoms with Gasteiger partial charge in [0.15, 0.2) is 0 Å². The van der Waals surface area contributed by atoms with Crippen LogP contribution in [0.5, 0.6) is 5.75 Å². The fourth-order valence-electron chi connectivity index (χ4n) is 2.31. The number of carbonyl (C=O) groups is 2. The number of nitrogens with one attached hydrogen (secondary N) is 3. The predicted molar refractivity (Wildman–Crippen MR) is 109 cm³/mol. The molecule has 0 aromatic heterocycles. The monoisotopic (exact) mass is 369 g/mol. The van der Waals surface area contributed by atoms with E-state index in [1.807, 2.05) is 24.3 Å². The van der Waals surface area contributed by atoms with Crippen LogP contribution in [0.1, 0.15) is 33.1 Å². The Morgan fingerprint density at radius 1 is 0.889 bits per heavy atom. The lowest BCUT2D eigenvalue weighted by Crippen LogP contribution is -2.21. The van der Waals surface area contributed by atoms with Crippen LogP contribution in [0.25, 0.3) is 0 Å². The molecule has 0 saturated heterocycles. The number of carbonyl (C=O) groups excluding carboxylic acids is 2. The SMILES string of the molecule is CCCCOc1ccc(NCC(=O)Nc2cccc(NC(=O)CC)c2)cc1. The first kappa shape index (κ1) is 20.3. The fourth-order valence-corrected chi connectivity index (χ4v) is 2.31. The van der Waals surface area contributed by atoms with Crippen LogP contribution < -0.4 is 20.7 Å². The number of anilines is 3. The minimum atomic E-state index is -0.169. The molecule has 0 aliphatic carbocycles. The number of ether oxygens (including phenoxy) is 1. The molecule has 0 radical (unpaired) electrons.